The van der Waals surface area contributed by atoms with Crippen molar-refractivity contribution in [3.05, 3.63) is 29.6 Å². The van der Waals surface area contributed by atoms with Crippen LogP contribution in [0.15, 0.2) is 18.2 Å². The second kappa shape index (κ2) is 6.89. The van der Waals surface area contributed by atoms with Gasteiger partial charge in [-0.25, -0.2) is 4.39 Å². The van der Waals surface area contributed by atoms with Crippen molar-refractivity contribution < 1.29 is 14.0 Å². The minimum atomic E-state index is -0.368. The third kappa shape index (κ3) is 3.75. The van der Waals surface area contributed by atoms with Crippen molar-refractivity contribution in [3.8, 4) is 0 Å². The first-order chi connectivity index (χ1) is 11.5. The second-order valence-electron chi connectivity index (χ2n) is 6.84. The Morgan fingerprint density at radius 3 is 2.83 bits per heavy atom. The van der Waals surface area contributed by atoms with Gasteiger partial charge < -0.3 is 15.1 Å². The van der Waals surface area contributed by atoms with Crippen LogP contribution in [0.4, 0.5) is 10.1 Å². The second-order valence-corrected chi connectivity index (χ2v) is 6.84. The molecular formula is C18H24FN3O2. The fourth-order valence-electron chi connectivity index (χ4n) is 3.08. The largest absolute Gasteiger partial charge is 0.355 e. The summed E-state index contributed by atoms with van der Waals surface area (Å²) in [5.74, 6) is -0.930. The number of benzene rings is 1. The highest BCUT2D eigenvalue weighted by Crippen LogP contribution is 2.27. The molecule has 0 aromatic heterocycles. The molecule has 5 nitrogen and oxygen atoms in total. The standard InChI is InChI=1S/C18H24FN3O2/c1-12-3-4-15(10-16(12)19)22-11-13(9-17(22)23)18(24)20-7-8-21(2)14-5-6-14/h3-4,10,13-14H,5-9,11H2,1-2H3,(H,20,24). The molecule has 3 rings (SSSR count). The zero-order valence-corrected chi connectivity index (χ0v) is 14.2. The lowest BCUT2D eigenvalue weighted by Gasteiger charge is -2.18. The molecule has 1 aromatic carbocycles. The van der Waals surface area contributed by atoms with Gasteiger partial charge in [-0.2, -0.15) is 0 Å². The number of rotatable bonds is 6. The minimum absolute atomic E-state index is 0.0948. The lowest BCUT2D eigenvalue weighted by molar-refractivity contribution is -0.126. The molecule has 1 aliphatic heterocycles. The van der Waals surface area contributed by atoms with Crippen LogP contribution in [-0.2, 0) is 9.59 Å². The molecule has 2 aliphatic rings. The van der Waals surface area contributed by atoms with Crippen LogP contribution < -0.4 is 10.2 Å². The number of aryl methyl sites for hydroxylation is 1. The van der Waals surface area contributed by atoms with Gasteiger partial charge in [0.05, 0.1) is 5.92 Å². The molecule has 1 atom stereocenters. The van der Waals surface area contributed by atoms with E-state index in [9.17, 15) is 14.0 Å². The maximum atomic E-state index is 13.7. The van der Waals surface area contributed by atoms with Crippen molar-refractivity contribution in [2.75, 3.05) is 31.6 Å². The maximum Gasteiger partial charge on any atom is 0.227 e. The summed E-state index contributed by atoms with van der Waals surface area (Å²) in [5, 5.41) is 2.92. The Bertz CT molecular complexity index is 645. The molecule has 1 aromatic rings. The Morgan fingerprint density at radius 1 is 1.42 bits per heavy atom. The van der Waals surface area contributed by atoms with Crippen LogP contribution in [0.2, 0.25) is 0 Å². The summed E-state index contributed by atoms with van der Waals surface area (Å²) in [6, 6.07) is 5.40. The topological polar surface area (TPSA) is 52.7 Å². The summed E-state index contributed by atoms with van der Waals surface area (Å²) in [7, 11) is 2.07. The molecule has 0 radical (unpaired) electrons. The number of anilines is 1. The Labute approximate surface area is 141 Å². The molecule has 6 heteroatoms. The van der Waals surface area contributed by atoms with E-state index < -0.39 is 0 Å². The Hall–Kier alpha value is -1.95. The Balaban J connectivity index is 1.53. The van der Waals surface area contributed by atoms with Gasteiger partial charge >= 0.3 is 0 Å². The monoisotopic (exact) mass is 333 g/mol. The Morgan fingerprint density at radius 2 is 2.17 bits per heavy atom. The first kappa shape index (κ1) is 16.9. The van der Waals surface area contributed by atoms with Gasteiger partial charge in [-0.1, -0.05) is 6.07 Å². The van der Waals surface area contributed by atoms with Gasteiger partial charge in [0.1, 0.15) is 5.82 Å². The van der Waals surface area contributed by atoms with Crippen LogP contribution in [0.1, 0.15) is 24.8 Å². The highest BCUT2D eigenvalue weighted by Gasteiger charge is 2.35. The summed E-state index contributed by atoms with van der Waals surface area (Å²) < 4.78 is 13.7. The van der Waals surface area contributed by atoms with Crippen molar-refractivity contribution in [1.82, 2.24) is 10.2 Å². The highest BCUT2D eigenvalue weighted by molar-refractivity contribution is 6.00. The normalized spacial score (nSPS) is 20.8. The minimum Gasteiger partial charge on any atom is -0.355 e. The highest BCUT2D eigenvalue weighted by atomic mass is 19.1. The summed E-state index contributed by atoms with van der Waals surface area (Å²) in [4.78, 5) is 28.2. The molecule has 1 aliphatic carbocycles. The molecule has 1 N–H and O–H groups in total. The fraction of sp³-hybridized carbons (Fsp3) is 0.556. The first-order valence-corrected chi connectivity index (χ1v) is 8.50. The van der Waals surface area contributed by atoms with Gasteiger partial charge in [-0.15, -0.1) is 0 Å². The van der Waals surface area contributed by atoms with E-state index in [2.05, 4.69) is 17.3 Å². The van der Waals surface area contributed by atoms with E-state index in [1.807, 2.05) is 0 Å². The molecule has 1 heterocycles. The van der Waals surface area contributed by atoms with Gasteiger partial charge in [0, 0.05) is 37.8 Å². The average molecular weight is 333 g/mol. The molecular weight excluding hydrogens is 309 g/mol. The summed E-state index contributed by atoms with van der Waals surface area (Å²) >= 11 is 0. The third-order valence-electron chi connectivity index (χ3n) is 4.90. The molecule has 0 spiro atoms. The van der Waals surface area contributed by atoms with E-state index in [0.717, 1.165) is 6.54 Å². The van der Waals surface area contributed by atoms with Gasteiger partial charge in [0.25, 0.3) is 0 Å². The molecule has 24 heavy (non-hydrogen) atoms. The van der Waals surface area contributed by atoms with Gasteiger partial charge in [-0.05, 0) is 44.5 Å². The van der Waals surface area contributed by atoms with Crippen molar-refractivity contribution in [2.45, 2.75) is 32.2 Å². The third-order valence-corrected chi connectivity index (χ3v) is 4.90. The van der Waals surface area contributed by atoms with Gasteiger partial charge in [-0.3, -0.25) is 9.59 Å². The fourth-order valence-corrected chi connectivity index (χ4v) is 3.08. The average Bonchev–Trinajstić information content (AvgIpc) is 3.32. The summed E-state index contributed by atoms with van der Waals surface area (Å²) in [6.07, 6.45) is 2.66. The number of hydrogen-bond acceptors (Lipinski definition) is 3. The van der Waals surface area contributed by atoms with Gasteiger partial charge in [0.2, 0.25) is 11.8 Å². The zero-order chi connectivity index (χ0) is 17.3. The molecule has 1 saturated heterocycles. The number of likely N-dealkylation sites (N-methyl/N-ethyl adjacent to an activating group) is 1. The van der Waals surface area contributed by atoms with E-state index in [-0.39, 0.29) is 30.0 Å². The lowest BCUT2D eigenvalue weighted by atomic mass is 10.1. The van der Waals surface area contributed by atoms with Crippen LogP contribution in [0, 0.1) is 18.7 Å². The van der Waals surface area contributed by atoms with Crippen LogP contribution in [0.5, 0.6) is 0 Å². The number of amides is 2. The maximum absolute atomic E-state index is 13.7. The predicted octanol–water partition coefficient (Wildman–Crippen LogP) is 1.70. The van der Waals surface area contributed by atoms with Crippen LogP contribution >= 0.6 is 0 Å². The SMILES string of the molecule is Cc1ccc(N2CC(C(=O)NCCN(C)C3CC3)CC2=O)cc1F. The van der Waals surface area contributed by atoms with E-state index in [1.165, 1.54) is 23.8 Å². The van der Waals surface area contributed by atoms with Gasteiger partial charge in [0.15, 0.2) is 0 Å². The molecule has 2 fully saturated rings. The number of nitrogens with one attached hydrogen (secondary N) is 1. The van der Waals surface area contributed by atoms with E-state index >= 15 is 0 Å². The number of hydrogen-bond donors (Lipinski definition) is 1. The molecule has 0 bridgehead atoms. The van der Waals surface area contributed by atoms with E-state index in [1.54, 1.807) is 19.1 Å². The number of carbonyl (C=O) groups excluding carboxylic acids is 2. The predicted molar refractivity (Wildman–Crippen MR) is 90.3 cm³/mol. The first-order valence-electron chi connectivity index (χ1n) is 8.50. The molecule has 130 valence electrons. The smallest absolute Gasteiger partial charge is 0.227 e. The lowest BCUT2D eigenvalue weighted by Crippen LogP contribution is -2.38. The van der Waals surface area contributed by atoms with E-state index in [4.69, 9.17) is 0 Å². The van der Waals surface area contributed by atoms with Crippen LogP contribution in [0.3, 0.4) is 0 Å². The number of halogens is 1. The van der Waals surface area contributed by atoms with Crippen LogP contribution in [-0.4, -0.2) is 49.4 Å². The molecule has 1 saturated carbocycles. The molecule has 1 unspecified atom stereocenters. The van der Waals surface area contributed by atoms with Crippen molar-refractivity contribution in [2.24, 2.45) is 5.92 Å². The zero-order valence-electron chi connectivity index (χ0n) is 14.2. The Kier molecular flexibility index (Phi) is 4.85. The number of carbonyl (C=O) groups is 2. The summed E-state index contributed by atoms with van der Waals surface area (Å²) in [5.41, 5.74) is 1.06. The quantitative estimate of drug-likeness (QED) is 0.862. The van der Waals surface area contributed by atoms with Crippen LogP contribution in [0.25, 0.3) is 0 Å². The van der Waals surface area contributed by atoms with Crippen molar-refractivity contribution in [1.29, 1.82) is 0 Å². The van der Waals surface area contributed by atoms with E-state index in [0.29, 0.717) is 30.4 Å². The number of nitrogens with zero attached hydrogens (tertiary/aromatic N) is 2. The van der Waals surface area contributed by atoms with Crippen molar-refractivity contribution in [3.63, 3.8) is 0 Å². The van der Waals surface area contributed by atoms with Crippen molar-refractivity contribution >= 4 is 17.5 Å². The molecule has 2 amide bonds. The summed E-state index contributed by atoms with van der Waals surface area (Å²) in [6.45, 7) is 3.41.